The molecule has 2 aromatic rings. The summed E-state index contributed by atoms with van der Waals surface area (Å²) in [7, 11) is -4.90. The van der Waals surface area contributed by atoms with Gasteiger partial charge in [0.2, 0.25) is 0 Å². The zero-order chi connectivity index (χ0) is 39.1. The van der Waals surface area contributed by atoms with Crippen LogP contribution in [0.4, 0.5) is 5.69 Å². The number of rotatable bonds is 13. The standard InChI is InChI=1S/C41H52ClNO8S2/c1-26-22-31-30(14-10-20-52(44,45)46)32(40(3,4)33(31)24-36(26)50-7)17-15-28-12-9-13-29(39(28)42)16-18-38-41(5,6)34-25-37(51-8)27(2)23-35(34)43(38)19-11-21-53(47,48)49/h15-18,22-25H,9-14,19-21H2,1-8H3,(H,44,45,46)(H,47,48,49)/b17-15+,29-16+,38-18-. The number of aryl methyl sites for hydroxylation is 2. The van der Waals surface area contributed by atoms with Gasteiger partial charge in [-0.2, -0.15) is 16.8 Å². The molecule has 3 aliphatic rings. The molecule has 0 fully saturated rings. The minimum atomic E-state index is -4.11. The maximum absolute atomic E-state index is 11.6. The summed E-state index contributed by atoms with van der Waals surface area (Å²) in [5.74, 6) is 0.928. The van der Waals surface area contributed by atoms with Crippen molar-refractivity contribution in [2.45, 2.75) is 90.9 Å². The number of hydrogen-bond donors (Lipinski definition) is 2. The van der Waals surface area contributed by atoms with E-state index in [-0.39, 0.29) is 24.3 Å². The van der Waals surface area contributed by atoms with Crippen molar-refractivity contribution in [1.82, 2.24) is 0 Å². The third-order valence-corrected chi connectivity index (χ3v) is 13.0. The molecule has 1 aliphatic heterocycles. The highest BCUT2D eigenvalue weighted by molar-refractivity contribution is 7.86. The first kappa shape index (κ1) is 40.8. The molecule has 0 saturated carbocycles. The lowest BCUT2D eigenvalue weighted by Gasteiger charge is -2.27. The number of ether oxygens (including phenoxy) is 2. The van der Waals surface area contributed by atoms with Gasteiger partial charge in [0.05, 0.1) is 25.7 Å². The van der Waals surface area contributed by atoms with Gasteiger partial charge in [-0.15, -0.1) is 0 Å². The van der Waals surface area contributed by atoms with E-state index in [0.717, 1.165) is 92.3 Å². The zero-order valence-corrected chi connectivity index (χ0v) is 34.4. The highest BCUT2D eigenvalue weighted by Gasteiger charge is 2.41. The Hall–Kier alpha value is -3.35. The van der Waals surface area contributed by atoms with E-state index >= 15 is 0 Å². The summed E-state index contributed by atoms with van der Waals surface area (Å²) in [6.45, 7) is 13.0. The zero-order valence-electron chi connectivity index (χ0n) is 32.0. The van der Waals surface area contributed by atoms with Gasteiger partial charge < -0.3 is 14.4 Å². The molecular weight excluding hydrogens is 734 g/mol. The van der Waals surface area contributed by atoms with Gasteiger partial charge in [0.15, 0.2) is 0 Å². The number of methoxy groups -OCH3 is 2. The first-order valence-corrected chi connectivity index (χ1v) is 21.6. The van der Waals surface area contributed by atoms with Gasteiger partial charge in [0, 0.05) is 33.8 Å². The summed E-state index contributed by atoms with van der Waals surface area (Å²) in [5, 5.41) is 0.687. The molecule has 2 aromatic carbocycles. The molecule has 0 aromatic heterocycles. The van der Waals surface area contributed by atoms with Crippen LogP contribution in [-0.2, 0) is 31.1 Å². The molecule has 0 amide bonds. The molecule has 0 unspecified atom stereocenters. The summed E-state index contributed by atoms with van der Waals surface area (Å²) >= 11 is 7.18. The van der Waals surface area contributed by atoms with Gasteiger partial charge in [-0.25, -0.2) is 0 Å². The Labute approximate surface area is 320 Å². The van der Waals surface area contributed by atoms with Crippen LogP contribution < -0.4 is 14.4 Å². The molecule has 0 radical (unpaired) electrons. The quantitative estimate of drug-likeness (QED) is 0.191. The van der Waals surface area contributed by atoms with E-state index in [4.69, 9.17) is 21.1 Å². The fourth-order valence-electron chi connectivity index (χ4n) is 8.09. The largest absolute Gasteiger partial charge is 0.496 e. The molecule has 1 heterocycles. The van der Waals surface area contributed by atoms with E-state index < -0.39 is 31.1 Å². The van der Waals surface area contributed by atoms with E-state index in [9.17, 15) is 25.9 Å². The number of nitrogens with zero attached hydrogens (tertiary/aromatic N) is 1. The van der Waals surface area contributed by atoms with Crippen LogP contribution in [0.25, 0.3) is 5.57 Å². The first-order valence-electron chi connectivity index (χ1n) is 18.0. The highest BCUT2D eigenvalue weighted by Crippen LogP contribution is 2.52. The average molecular weight is 786 g/mol. The number of halogens is 1. The lowest BCUT2D eigenvalue weighted by Crippen LogP contribution is -2.28. The monoisotopic (exact) mass is 785 g/mol. The molecule has 0 saturated heterocycles. The molecular formula is C41H52ClNO8S2. The molecule has 53 heavy (non-hydrogen) atoms. The van der Waals surface area contributed by atoms with Crippen molar-refractivity contribution in [3.8, 4) is 11.5 Å². The van der Waals surface area contributed by atoms with Crippen molar-refractivity contribution in [1.29, 1.82) is 0 Å². The normalized spacial score (nSPS) is 19.9. The summed E-state index contributed by atoms with van der Waals surface area (Å²) < 4.78 is 76.6. The molecule has 2 N–H and O–H groups in total. The minimum absolute atomic E-state index is 0.253. The molecule has 0 spiro atoms. The lowest BCUT2D eigenvalue weighted by molar-refractivity contribution is 0.410. The van der Waals surface area contributed by atoms with Gasteiger partial charge in [0.25, 0.3) is 20.2 Å². The second-order valence-corrected chi connectivity index (χ2v) is 18.8. The lowest BCUT2D eigenvalue weighted by atomic mass is 9.80. The third-order valence-electron chi connectivity index (χ3n) is 10.9. The fourth-order valence-corrected chi connectivity index (χ4v) is 9.41. The Bertz CT molecular complexity index is 2170. The van der Waals surface area contributed by atoms with Crippen LogP contribution in [0.5, 0.6) is 11.5 Å². The molecule has 12 heteroatoms. The molecule has 9 nitrogen and oxygen atoms in total. The first-order chi connectivity index (χ1) is 24.7. The number of benzene rings is 2. The van der Waals surface area contributed by atoms with E-state index in [1.165, 1.54) is 0 Å². The van der Waals surface area contributed by atoms with Crippen LogP contribution in [0.3, 0.4) is 0 Å². The summed E-state index contributed by atoms with van der Waals surface area (Å²) in [6, 6.07) is 8.30. The number of anilines is 1. The smallest absolute Gasteiger partial charge is 0.264 e. The minimum Gasteiger partial charge on any atom is -0.496 e. The summed E-state index contributed by atoms with van der Waals surface area (Å²) in [4.78, 5) is 2.14. The molecule has 5 rings (SSSR count). The van der Waals surface area contributed by atoms with Crippen LogP contribution >= 0.6 is 11.6 Å². The topological polar surface area (TPSA) is 130 Å². The van der Waals surface area contributed by atoms with E-state index in [1.54, 1.807) is 14.2 Å². The Kier molecular flexibility index (Phi) is 11.9. The Balaban J connectivity index is 1.53. The van der Waals surface area contributed by atoms with Gasteiger partial charge in [0.1, 0.15) is 11.5 Å². The summed E-state index contributed by atoms with van der Waals surface area (Å²) in [5.41, 5.74) is 10.5. The van der Waals surface area contributed by atoms with Gasteiger partial charge >= 0.3 is 0 Å². The van der Waals surface area contributed by atoms with Crippen LogP contribution in [0.1, 0.15) is 94.0 Å². The van der Waals surface area contributed by atoms with Crippen LogP contribution in [-0.4, -0.2) is 58.2 Å². The van der Waals surface area contributed by atoms with Crippen LogP contribution in [0.15, 0.2) is 76.0 Å². The molecule has 0 atom stereocenters. The van der Waals surface area contributed by atoms with Crippen molar-refractivity contribution in [2.75, 3.05) is 37.2 Å². The maximum atomic E-state index is 11.6. The van der Waals surface area contributed by atoms with Crippen molar-refractivity contribution < 1.29 is 35.4 Å². The maximum Gasteiger partial charge on any atom is 0.264 e. The second kappa shape index (κ2) is 15.4. The van der Waals surface area contributed by atoms with Crippen LogP contribution in [0.2, 0.25) is 0 Å². The Morgan fingerprint density at radius 1 is 0.811 bits per heavy atom. The highest BCUT2D eigenvalue weighted by atomic mass is 35.5. The van der Waals surface area contributed by atoms with Crippen molar-refractivity contribution in [2.24, 2.45) is 0 Å². The number of hydrogen-bond acceptors (Lipinski definition) is 7. The number of allylic oxidation sites excluding steroid dienone is 10. The van der Waals surface area contributed by atoms with Gasteiger partial charge in [-0.3, -0.25) is 9.11 Å². The molecule has 2 aliphatic carbocycles. The van der Waals surface area contributed by atoms with Crippen molar-refractivity contribution >= 4 is 43.1 Å². The fraction of sp³-hybridized carbons (Fsp3) is 0.463. The van der Waals surface area contributed by atoms with Gasteiger partial charge in [-0.1, -0.05) is 57.5 Å². The molecule has 0 bridgehead atoms. The third kappa shape index (κ3) is 8.65. The SMILES string of the molecule is COc1cc2c(cc1C)C(CCCS(=O)(=O)O)=C(/C=C/C1=C(Cl)C(=C/C=C3\N(CCCS(=O)(=O)O)c4cc(C)c(OC)cc4C3(C)C)/CCC1)C2(C)C. The van der Waals surface area contributed by atoms with E-state index in [2.05, 4.69) is 81.2 Å². The predicted molar refractivity (Wildman–Crippen MR) is 214 cm³/mol. The van der Waals surface area contributed by atoms with E-state index in [0.29, 0.717) is 18.0 Å². The summed E-state index contributed by atoms with van der Waals surface area (Å²) in [6.07, 6.45) is 11.9. The predicted octanol–water partition coefficient (Wildman–Crippen LogP) is 9.15. The van der Waals surface area contributed by atoms with E-state index in [1.807, 2.05) is 13.8 Å². The van der Waals surface area contributed by atoms with Crippen molar-refractivity contribution in [3.63, 3.8) is 0 Å². The Morgan fingerprint density at radius 2 is 1.42 bits per heavy atom. The van der Waals surface area contributed by atoms with Gasteiger partial charge in [-0.05, 0) is 133 Å². The van der Waals surface area contributed by atoms with Crippen LogP contribution in [0, 0.1) is 13.8 Å². The molecule has 288 valence electrons. The second-order valence-electron chi connectivity index (χ2n) is 15.3. The number of fused-ring (bicyclic) bond motifs is 2. The Morgan fingerprint density at radius 3 is 2.04 bits per heavy atom. The van der Waals surface area contributed by atoms with Crippen molar-refractivity contribution in [3.05, 3.63) is 104 Å². The average Bonchev–Trinajstić information content (AvgIpc) is 3.38.